The molecule has 11 heteroatoms. The van der Waals surface area contributed by atoms with Crippen molar-refractivity contribution in [3.63, 3.8) is 0 Å². The van der Waals surface area contributed by atoms with E-state index in [4.69, 9.17) is 4.98 Å². The van der Waals surface area contributed by atoms with Crippen molar-refractivity contribution in [2.24, 2.45) is 5.92 Å². The van der Waals surface area contributed by atoms with Crippen LogP contribution in [0.1, 0.15) is 38.1 Å². The lowest BCUT2D eigenvalue weighted by Gasteiger charge is -2.30. The van der Waals surface area contributed by atoms with E-state index in [1.165, 1.54) is 10.2 Å². The number of rotatable bonds is 7. The van der Waals surface area contributed by atoms with Crippen LogP contribution in [0.3, 0.4) is 0 Å². The van der Waals surface area contributed by atoms with Crippen LogP contribution in [0.5, 0.6) is 0 Å². The normalized spacial score (nSPS) is 17.3. The van der Waals surface area contributed by atoms with E-state index in [1.807, 2.05) is 24.3 Å². The molecule has 7 rings (SSSR count). The van der Waals surface area contributed by atoms with E-state index in [0.717, 1.165) is 53.7 Å². The van der Waals surface area contributed by atoms with Gasteiger partial charge in [-0.2, -0.15) is 5.26 Å². The number of sulfone groups is 1. The maximum Gasteiger partial charge on any atom is 0.269 e. The third kappa shape index (κ3) is 5.27. The highest BCUT2D eigenvalue weighted by Gasteiger charge is 2.29. The van der Waals surface area contributed by atoms with Crippen molar-refractivity contribution >= 4 is 41.9 Å². The Morgan fingerprint density at radius 3 is 2.07 bits per heavy atom. The molecular weight excluding hydrogens is 619 g/mol. The minimum Gasteiger partial charge on any atom is -0.320 e. The van der Waals surface area contributed by atoms with Gasteiger partial charge in [0, 0.05) is 35.9 Å². The monoisotopic (exact) mass is 649 g/mol. The van der Waals surface area contributed by atoms with E-state index < -0.39 is 19.9 Å². The molecule has 0 N–H and O–H groups in total. The average Bonchev–Trinajstić information content (AvgIpc) is 3.68. The first-order valence-electron chi connectivity index (χ1n) is 15.1. The number of fused-ring (bicyclic) bond motifs is 3. The maximum absolute atomic E-state index is 13.6. The number of pyridine rings is 1. The first-order valence-corrected chi connectivity index (χ1v) is 18.4. The van der Waals surface area contributed by atoms with E-state index in [0.29, 0.717) is 28.9 Å². The van der Waals surface area contributed by atoms with Gasteiger partial charge in [0.1, 0.15) is 11.3 Å². The predicted octanol–water partition coefficient (Wildman–Crippen LogP) is 7.01. The Morgan fingerprint density at radius 1 is 0.804 bits per heavy atom. The molecule has 9 nitrogen and oxygen atoms in total. The van der Waals surface area contributed by atoms with Gasteiger partial charge in [-0.3, -0.25) is 0 Å². The smallest absolute Gasteiger partial charge is 0.269 e. The Bertz CT molecular complexity index is 2330. The first kappa shape index (κ1) is 29.9. The van der Waals surface area contributed by atoms with Crippen LogP contribution in [-0.2, 0) is 19.9 Å². The zero-order valence-corrected chi connectivity index (χ0v) is 26.7. The van der Waals surface area contributed by atoms with Gasteiger partial charge in [0.25, 0.3) is 10.0 Å². The van der Waals surface area contributed by atoms with Gasteiger partial charge in [0.2, 0.25) is 0 Å². The van der Waals surface area contributed by atoms with E-state index in [-0.39, 0.29) is 15.8 Å². The second kappa shape index (κ2) is 11.5. The van der Waals surface area contributed by atoms with Crippen LogP contribution >= 0.6 is 0 Å². The Balaban J connectivity index is 1.35. The van der Waals surface area contributed by atoms with Crippen LogP contribution in [0.25, 0.3) is 44.6 Å². The van der Waals surface area contributed by atoms with Crippen LogP contribution in [-0.4, -0.2) is 41.6 Å². The highest BCUT2D eigenvalue weighted by molar-refractivity contribution is 7.90. The maximum atomic E-state index is 13.6. The van der Waals surface area contributed by atoms with E-state index in [2.05, 4.69) is 15.6 Å². The second-order valence-corrected chi connectivity index (χ2v) is 15.7. The van der Waals surface area contributed by atoms with Crippen molar-refractivity contribution in [1.29, 1.82) is 5.26 Å². The summed E-state index contributed by atoms with van der Waals surface area (Å²) in [5.41, 5.74) is 4.60. The van der Waals surface area contributed by atoms with Gasteiger partial charge in [-0.05, 0) is 73.1 Å². The summed E-state index contributed by atoms with van der Waals surface area (Å²) in [6.45, 7) is 0. The van der Waals surface area contributed by atoms with Crippen molar-refractivity contribution in [2.75, 3.05) is 6.26 Å². The predicted molar refractivity (Wildman–Crippen MR) is 177 cm³/mol. The summed E-state index contributed by atoms with van der Waals surface area (Å²) in [5, 5.41) is 9.98. The summed E-state index contributed by atoms with van der Waals surface area (Å²) in [6, 6.07) is 27.4. The minimum atomic E-state index is -3.87. The van der Waals surface area contributed by atoms with E-state index >= 15 is 0 Å². The number of nitrogens with zero attached hydrogens (tertiary/aromatic N) is 5. The first-order chi connectivity index (χ1) is 22.1. The molecule has 46 heavy (non-hydrogen) atoms. The van der Waals surface area contributed by atoms with Crippen LogP contribution in [0.4, 0.5) is 0 Å². The molecule has 1 saturated carbocycles. The summed E-state index contributed by atoms with van der Waals surface area (Å²) in [5.74, 6) is 1.14. The summed E-state index contributed by atoms with van der Waals surface area (Å²) >= 11 is 0. The summed E-state index contributed by atoms with van der Waals surface area (Å²) in [7, 11) is -7.15. The molecule has 232 valence electrons. The highest BCUT2D eigenvalue weighted by atomic mass is 32.2. The Hall–Kier alpha value is -4.79. The zero-order valence-electron chi connectivity index (χ0n) is 25.1. The molecule has 0 aliphatic heterocycles. The largest absolute Gasteiger partial charge is 0.320 e. The summed E-state index contributed by atoms with van der Waals surface area (Å²) in [6.07, 6.45) is 8.56. The molecule has 1 aliphatic carbocycles. The summed E-state index contributed by atoms with van der Waals surface area (Å²) in [4.78, 5) is 10.1. The number of benzene rings is 3. The standard InChI is InChI=1S/C35H31N5O4S2/c1-45(41,42)29-17-13-26(14-18-29)25-9-11-27(12-10-25)34-38-32-23-37-35-31(20-22-39(35)46(43,44)30-5-3-2-4-6-30)33(32)40(34)28-15-7-24(8-16-28)19-21-36/h2-6,9-14,17-18,20,22-24,28H,7-8,15-16,19H2,1H3/t24-,28-. The van der Waals surface area contributed by atoms with Crippen LogP contribution in [0.2, 0.25) is 0 Å². The number of imidazole rings is 1. The molecule has 0 saturated heterocycles. The van der Waals surface area contributed by atoms with Crippen molar-refractivity contribution in [3.8, 4) is 28.6 Å². The quantitative estimate of drug-likeness (QED) is 0.182. The van der Waals surface area contributed by atoms with Gasteiger partial charge in [0.15, 0.2) is 15.5 Å². The van der Waals surface area contributed by atoms with Crippen LogP contribution in [0.15, 0.2) is 107 Å². The number of nitriles is 1. The van der Waals surface area contributed by atoms with E-state index in [1.54, 1.807) is 73.1 Å². The number of hydrogen-bond donors (Lipinski definition) is 0. The van der Waals surface area contributed by atoms with Gasteiger partial charge in [0.05, 0.1) is 27.6 Å². The lowest BCUT2D eigenvalue weighted by molar-refractivity contribution is 0.283. The Kier molecular flexibility index (Phi) is 7.50. The van der Waals surface area contributed by atoms with Crippen molar-refractivity contribution in [2.45, 2.75) is 47.9 Å². The van der Waals surface area contributed by atoms with Crippen molar-refractivity contribution in [1.82, 2.24) is 18.5 Å². The molecule has 0 amide bonds. The fourth-order valence-electron chi connectivity index (χ4n) is 6.55. The topological polar surface area (TPSA) is 128 Å². The molecule has 6 aromatic rings. The van der Waals surface area contributed by atoms with Crippen LogP contribution in [0, 0.1) is 17.2 Å². The van der Waals surface area contributed by atoms with Gasteiger partial charge in [-0.25, -0.2) is 30.8 Å². The van der Waals surface area contributed by atoms with Crippen molar-refractivity contribution < 1.29 is 16.8 Å². The molecule has 3 aromatic heterocycles. The van der Waals surface area contributed by atoms with Gasteiger partial charge < -0.3 is 4.57 Å². The molecule has 1 aliphatic rings. The third-order valence-electron chi connectivity index (χ3n) is 8.95. The Morgan fingerprint density at radius 2 is 1.43 bits per heavy atom. The van der Waals surface area contributed by atoms with Crippen LogP contribution < -0.4 is 0 Å². The molecule has 0 atom stereocenters. The molecule has 0 bridgehead atoms. The van der Waals surface area contributed by atoms with Gasteiger partial charge >= 0.3 is 0 Å². The molecule has 3 heterocycles. The molecular formula is C35H31N5O4S2. The zero-order chi connectivity index (χ0) is 32.1. The molecule has 0 radical (unpaired) electrons. The minimum absolute atomic E-state index is 0.109. The highest BCUT2D eigenvalue weighted by Crippen LogP contribution is 2.41. The fourth-order valence-corrected chi connectivity index (χ4v) is 8.50. The lowest BCUT2D eigenvalue weighted by atomic mass is 9.84. The summed E-state index contributed by atoms with van der Waals surface area (Å²) < 4.78 is 54.5. The number of aromatic nitrogens is 4. The average molecular weight is 650 g/mol. The number of hydrogen-bond acceptors (Lipinski definition) is 7. The fraction of sp³-hybridized carbons (Fsp3) is 0.229. The Labute approximate surface area is 267 Å². The molecule has 1 fully saturated rings. The van der Waals surface area contributed by atoms with Gasteiger partial charge in [-0.15, -0.1) is 0 Å². The molecule has 0 spiro atoms. The van der Waals surface area contributed by atoms with Gasteiger partial charge in [-0.1, -0.05) is 54.6 Å². The second-order valence-electron chi connectivity index (χ2n) is 11.9. The van der Waals surface area contributed by atoms with Crippen molar-refractivity contribution in [3.05, 3.63) is 97.3 Å². The molecule has 3 aromatic carbocycles. The lowest BCUT2D eigenvalue weighted by Crippen LogP contribution is -2.19. The third-order valence-corrected chi connectivity index (χ3v) is 11.8. The SMILES string of the molecule is CS(=O)(=O)c1ccc(-c2ccc(-c3nc4cnc5c(ccn5S(=O)(=O)c5ccccc5)c4n3[C@H]3CC[C@H](CC#N)CC3)cc2)cc1. The molecule has 0 unspecified atom stereocenters. The van der Waals surface area contributed by atoms with E-state index in [9.17, 15) is 22.1 Å².